The highest BCUT2D eigenvalue weighted by Crippen LogP contribution is 2.47. The molecule has 0 saturated carbocycles. The third kappa shape index (κ3) is 5.42. The summed E-state index contributed by atoms with van der Waals surface area (Å²) in [5, 5.41) is 65.4. The fraction of sp³-hybridized carbons (Fsp3) is 0. The Morgan fingerprint density at radius 2 is 0.913 bits per heavy atom. The van der Waals surface area contributed by atoms with E-state index >= 15 is 0 Å². The Morgan fingerprint density at radius 3 is 1.30 bits per heavy atom. The number of rotatable bonds is 7. The van der Waals surface area contributed by atoms with Gasteiger partial charge in [0.2, 0.25) is 0 Å². The normalized spacial score (nSPS) is 11.6. The van der Waals surface area contributed by atoms with Crippen LogP contribution >= 0.6 is 0 Å². The van der Waals surface area contributed by atoms with Crippen molar-refractivity contribution < 1.29 is 40.2 Å². The molecule has 0 fully saturated rings. The minimum atomic E-state index is -1.19. The molecule has 6 aromatic carbocycles. The number of hydrogen-bond donors (Lipinski definition) is 6. The molecule has 0 atom stereocenters. The molecule has 6 rings (SSSR count). The van der Waals surface area contributed by atoms with Crippen LogP contribution in [0.5, 0.6) is 23.0 Å². The summed E-state index contributed by atoms with van der Waals surface area (Å²) in [4.78, 5) is 31.4. The summed E-state index contributed by atoms with van der Waals surface area (Å²) in [6.07, 6.45) is 2.60. The number of nitrogens with zero attached hydrogens (tertiary/aromatic N) is 2. The van der Waals surface area contributed by atoms with Crippen molar-refractivity contribution in [2.75, 3.05) is 0 Å². The topological polar surface area (TPSA) is 180 Å². The maximum Gasteiger partial charge on any atom is 0.335 e. The number of hydrogen-bond acceptors (Lipinski definition) is 8. The molecule has 46 heavy (non-hydrogen) atoms. The summed E-state index contributed by atoms with van der Waals surface area (Å²) in [5.41, 5.74) is 0.827. The second-order valence-corrected chi connectivity index (χ2v) is 10.4. The van der Waals surface area contributed by atoms with Crippen LogP contribution in [-0.2, 0) is 0 Å². The van der Waals surface area contributed by atoms with Crippen LogP contribution in [0.25, 0.3) is 32.7 Å². The van der Waals surface area contributed by atoms with E-state index in [1.165, 1.54) is 48.8 Å². The number of fused-ring (bicyclic) bond motifs is 2. The molecule has 0 aromatic heterocycles. The smallest absolute Gasteiger partial charge is 0.335 e. The summed E-state index contributed by atoms with van der Waals surface area (Å²) in [6, 6.07) is 25.1. The zero-order valence-electron chi connectivity index (χ0n) is 23.8. The molecule has 0 radical (unpaired) electrons. The van der Waals surface area contributed by atoms with Gasteiger partial charge in [-0.1, -0.05) is 48.5 Å². The molecule has 0 aliphatic carbocycles. The van der Waals surface area contributed by atoms with Crippen molar-refractivity contribution >= 4 is 57.3 Å². The van der Waals surface area contributed by atoms with Gasteiger partial charge in [-0.25, -0.2) is 9.59 Å². The van der Waals surface area contributed by atoms with E-state index in [0.29, 0.717) is 21.5 Å². The Morgan fingerprint density at radius 1 is 0.522 bits per heavy atom. The van der Waals surface area contributed by atoms with Gasteiger partial charge in [0.1, 0.15) is 34.4 Å². The molecule has 0 spiro atoms. The number of benzene rings is 6. The largest absolute Gasteiger partial charge is 0.507 e. The Bertz CT molecular complexity index is 2110. The third-order valence-corrected chi connectivity index (χ3v) is 7.48. The van der Waals surface area contributed by atoms with Gasteiger partial charge in [-0.3, -0.25) is 9.98 Å². The lowest BCUT2D eigenvalue weighted by Gasteiger charge is -2.17. The molecule has 6 aromatic rings. The molecule has 226 valence electrons. The maximum atomic E-state index is 11.8. The van der Waals surface area contributed by atoms with Gasteiger partial charge in [-0.05, 0) is 70.1 Å². The van der Waals surface area contributed by atoms with Crippen molar-refractivity contribution in [1.82, 2.24) is 0 Å². The number of aromatic hydroxyl groups is 4. The highest BCUT2D eigenvalue weighted by Gasteiger charge is 2.21. The van der Waals surface area contributed by atoms with E-state index in [4.69, 9.17) is 0 Å². The first-order valence-electron chi connectivity index (χ1n) is 13.8. The monoisotopic (exact) mass is 612 g/mol. The molecule has 0 amide bonds. The second-order valence-electron chi connectivity index (χ2n) is 10.4. The van der Waals surface area contributed by atoms with Crippen LogP contribution in [0, 0.1) is 0 Å². The second kappa shape index (κ2) is 11.8. The highest BCUT2D eigenvalue weighted by molar-refractivity contribution is 6.14. The molecule has 0 aliphatic heterocycles. The van der Waals surface area contributed by atoms with Gasteiger partial charge in [0, 0.05) is 34.7 Å². The van der Waals surface area contributed by atoms with Gasteiger partial charge >= 0.3 is 11.9 Å². The van der Waals surface area contributed by atoms with E-state index in [2.05, 4.69) is 9.98 Å². The molecule has 0 heterocycles. The summed E-state index contributed by atoms with van der Waals surface area (Å²) in [6.45, 7) is 0. The molecule has 10 nitrogen and oxygen atoms in total. The fourth-order valence-electron chi connectivity index (χ4n) is 5.22. The first-order chi connectivity index (χ1) is 22.1. The zero-order chi connectivity index (χ0) is 32.5. The van der Waals surface area contributed by atoms with Gasteiger partial charge in [0.15, 0.2) is 0 Å². The van der Waals surface area contributed by atoms with Crippen molar-refractivity contribution in [3.63, 3.8) is 0 Å². The number of phenolic OH excluding ortho intramolecular Hbond substituents is 4. The van der Waals surface area contributed by atoms with Gasteiger partial charge in [0.25, 0.3) is 0 Å². The standard InChI is InChI=1S/C36H24N2O8/c39-29-11-9-21(35(43)44)15-27(29)37-17-23-13-19-5-1-3-7-25(19)31(33(23)41)32-26-8-4-2-6-20(26)14-24(34(32)42)18-38-28-16-22(36(45)46)10-12-30(28)40/h1-18,39-42H,(H,43,44)(H,45,46). The summed E-state index contributed by atoms with van der Waals surface area (Å²) < 4.78 is 0. The lowest BCUT2D eigenvalue weighted by molar-refractivity contribution is 0.0686. The number of phenols is 4. The molecule has 6 N–H and O–H groups in total. The van der Waals surface area contributed by atoms with Crippen molar-refractivity contribution in [3.05, 3.63) is 119 Å². The van der Waals surface area contributed by atoms with Crippen LogP contribution in [0.3, 0.4) is 0 Å². The average Bonchev–Trinajstić information content (AvgIpc) is 3.04. The molecular weight excluding hydrogens is 588 g/mol. The first kappa shape index (κ1) is 29.4. The lowest BCUT2D eigenvalue weighted by atomic mass is 9.89. The molecule has 0 bridgehead atoms. The van der Waals surface area contributed by atoms with Crippen LogP contribution in [0.1, 0.15) is 31.8 Å². The minimum Gasteiger partial charge on any atom is -0.507 e. The minimum absolute atomic E-state index is 0.0178. The van der Waals surface area contributed by atoms with Crippen LogP contribution in [0.4, 0.5) is 11.4 Å². The van der Waals surface area contributed by atoms with E-state index in [0.717, 1.165) is 0 Å². The summed E-state index contributed by atoms with van der Waals surface area (Å²) in [5.74, 6) is -3.37. The van der Waals surface area contributed by atoms with Gasteiger partial charge < -0.3 is 30.6 Å². The number of carbonyl (C=O) groups is 2. The van der Waals surface area contributed by atoms with Gasteiger partial charge in [-0.2, -0.15) is 0 Å². The Kier molecular flexibility index (Phi) is 7.53. The van der Waals surface area contributed by atoms with Crippen LogP contribution in [0.15, 0.2) is 107 Å². The van der Waals surface area contributed by atoms with E-state index in [1.54, 1.807) is 36.4 Å². The third-order valence-electron chi connectivity index (χ3n) is 7.48. The fourth-order valence-corrected chi connectivity index (χ4v) is 5.22. The summed E-state index contributed by atoms with van der Waals surface area (Å²) in [7, 11) is 0. The maximum absolute atomic E-state index is 11.8. The van der Waals surface area contributed by atoms with Crippen molar-refractivity contribution in [2.24, 2.45) is 9.98 Å². The highest BCUT2D eigenvalue weighted by atomic mass is 16.4. The van der Waals surface area contributed by atoms with E-state index < -0.39 is 11.9 Å². The van der Waals surface area contributed by atoms with Crippen LogP contribution in [-0.4, -0.2) is 55.0 Å². The lowest BCUT2D eigenvalue weighted by Crippen LogP contribution is -1.96. The van der Waals surface area contributed by atoms with E-state index in [-0.39, 0.29) is 67.8 Å². The summed E-state index contributed by atoms with van der Waals surface area (Å²) >= 11 is 0. The van der Waals surface area contributed by atoms with Gasteiger partial charge in [0.05, 0.1) is 11.1 Å². The molecular formula is C36H24N2O8. The molecule has 10 heteroatoms. The SMILES string of the molecule is O=C(O)c1ccc(O)c(N=Cc2cc3ccccc3c(-c3c(O)c(C=Nc4cc(C(=O)O)ccc4O)cc4ccccc34)c2O)c1. The van der Waals surface area contributed by atoms with Crippen LogP contribution in [0.2, 0.25) is 0 Å². The molecule has 0 aliphatic rings. The van der Waals surface area contributed by atoms with E-state index in [9.17, 15) is 40.2 Å². The van der Waals surface area contributed by atoms with Gasteiger partial charge in [-0.15, -0.1) is 0 Å². The zero-order valence-corrected chi connectivity index (χ0v) is 23.8. The number of aromatic carboxylic acids is 2. The molecule has 0 saturated heterocycles. The quantitative estimate of drug-likeness (QED) is 0.101. The Balaban J connectivity index is 1.57. The van der Waals surface area contributed by atoms with Crippen molar-refractivity contribution in [3.8, 4) is 34.1 Å². The molecule has 0 unspecified atom stereocenters. The van der Waals surface area contributed by atoms with E-state index in [1.807, 2.05) is 24.3 Å². The average molecular weight is 613 g/mol. The predicted molar refractivity (Wildman–Crippen MR) is 175 cm³/mol. The van der Waals surface area contributed by atoms with Crippen molar-refractivity contribution in [2.45, 2.75) is 0 Å². The van der Waals surface area contributed by atoms with Crippen molar-refractivity contribution in [1.29, 1.82) is 0 Å². The number of aliphatic imine (C=N–C) groups is 2. The number of carboxylic acid groups (broad SMARTS) is 2. The number of carboxylic acids is 2. The Labute approximate surface area is 260 Å². The predicted octanol–water partition coefficient (Wildman–Crippen LogP) is 7.38. The Hall–Kier alpha value is -6.68. The first-order valence-corrected chi connectivity index (χ1v) is 13.8. The van der Waals surface area contributed by atoms with Crippen LogP contribution < -0.4 is 0 Å².